The first kappa shape index (κ1) is 17.0. The molecule has 0 heterocycles. The van der Waals surface area contributed by atoms with E-state index in [-0.39, 0.29) is 5.91 Å². The van der Waals surface area contributed by atoms with E-state index in [2.05, 4.69) is 19.2 Å². The highest BCUT2D eigenvalue weighted by molar-refractivity contribution is 5.94. The SMILES string of the molecule is CC(C)CC(C)(C)C(=O)Nc1cccc(OCC(=O)O)c1. The minimum Gasteiger partial charge on any atom is -0.482 e. The second kappa shape index (κ2) is 7.11. The number of carbonyl (C=O) groups is 2. The molecule has 1 aromatic carbocycles. The minimum absolute atomic E-state index is 0.0633. The topological polar surface area (TPSA) is 75.6 Å². The Bertz CT molecular complexity index is 509. The van der Waals surface area contributed by atoms with Crippen molar-refractivity contribution in [3.05, 3.63) is 24.3 Å². The van der Waals surface area contributed by atoms with Crippen molar-refractivity contribution >= 4 is 17.6 Å². The second-order valence-corrected chi connectivity index (χ2v) is 6.15. The molecule has 0 aromatic heterocycles. The third-order valence-electron chi connectivity index (χ3n) is 2.99. The minimum atomic E-state index is -1.04. The summed E-state index contributed by atoms with van der Waals surface area (Å²) in [6.45, 7) is 7.57. The largest absolute Gasteiger partial charge is 0.482 e. The molecule has 0 fully saturated rings. The zero-order valence-corrected chi connectivity index (χ0v) is 13.0. The predicted molar refractivity (Wildman–Crippen MR) is 81.4 cm³/mol. The molecule has 2 N–H and O–H groups in total. The number of aliphatic carboxylic acids is 1. The van der Waals surface area contributed by atoms with Crippen LogP contribution in [-0.2, 0) is 9.59 Å². The predicted octanol–water partition coefficient (Wildman–Crippen LogP) is 3.16. The first-order chi connectivity index (χ1) is 9.70. The van der Waals surface area contributed by atoms with Crippen molar-refractivity contribution in [1.82, 2.24) is 0 Å². The molecule has 0 aliphatic heterocycles. The number of ether oxygens (including phenoxy) is 1. The van der Waals surface area contributed by atoms with Crippen molar-refractivity contribution < 1.29 is 19.4 Å². The van der Waals surface area contributed by atoms with Crippen LogP contribution in [0.15, 0.2) is 24.3 Å². The number of anilines is 1. The summed E-state index contributed by atoms with van der Waals surface area (Å²) in [7, 11) is 0. The smallest absolute Gasteiger partial charge is 0.341 e. The van der Waals surface area contributed by atoms with Gasteiger partial charge in [-0.05, 0) is 24.5 Å². The lowest BCUT2D eigenvalue weighted by Gasteiger charge is -2.25. The Hall–Kier alpha value is -2.04. The van der Waals surface area contributed by atoms with Gasteiger partial charge in [0.1, 0.15) is 5.75 Å². The molecular formula is C16H23NO4. The van der Waals surface area contributed by atoms with Gasteiger partial charge in [-0.25, -0.2) is 4.79 Å². The van der Waals surface area contributed by atoms with Crippen LogP contribution in [0.25, 0.3) is 0 Å². The van der Waals surface area contributed by atoms with Gasteiger partial charge in [0.2, 0.25) is 5.91 Å². The van der Waals surface area contributed by atoms with Gasteiger partial charge in [0.25, 0.3) is 0 Å². The first-order valence-corrected chi connectivity index (χ1v) is 6.97. The third-order valence-corrected chi connectivity index (χ3v) is 2.99. The van der Waals surface area contributed by atoms with Gasteiger partial charge in [-0.1, -0.05) is 33.8 Å². The Labute approximate surface area is 125 Å². The molecular weight excluding hydrogens is 270 g/mol. The normalized spacial score (nSPS) is 11.3. The number of nitrogens with one attached hydrogen (secondary N) is 1. The molecule has 1 aromatic rings. The van der Waals surface area contributed by atoms with E-state index in [1.807, 2.05) is 13.8 Å². The highest BCUT2D eigenvalue weighted by Crippen LogP contribution is 2.27. The average molecular weight is 293 g/mol. The van der Waals surface area contributed by atoms with Gasteiger partial charge in [-0.2, -0.15) is 0 Å². The number of carboxylic acids is 1. The van der Waals surface area contributed by atoms with Crippen molar-refractivity contribution in [2.75, 3.05) is 11.9 Å². The van der Waals surface area contributed by atoms with E-state index in [0.717, 1.165) is 6.42 Å². The van der Waals surface area contributed by atoms with E-state index >= 15 is 0 Å². The fourth-order valence-electron chi connectivity index (χ4n) is 2.22. The van der Waals surface area contributed by atoms with Crippen LogP contribution in [0, 0.1) is 11.3 Å². The van der Waals surface area contributed by atoms with E-state index in [0.29, 0.717) is 17.4 Å². The quantitative estimate of drug-likeness (QED) is 0.809. The maximum Gasteiger partial charge on any atom is 0.341 e. The van der Waals surface area contributed by atoms with Gasteiger partial charge in [-0.3, -0.25) is 4.79 Å². The Balaban J connectivity index is 2.72. The molecule has 116 valence electrons. The molecule has 0 radical (unpaired) electrons. The zero-order valence-electron chi connectivity index (χ0n) is 13.0. The van der Waals surface area contributed by atoms with Gasteiger partial charge in [0.05, 0.1) is 0 Å². The molecule has 0 bridgehead atoms. The lowest BCUT2D eigenvalue weighted by Crippen LogP contribution is -2.32. The fourth-order valence-corrected chi connectivity index (χ4v) is 2.22. The summed E-state index contributed by atoms with van der Waals surface area (Å²) in [5, 5.41) is 11.4. The lowest BCUT2D eigenvalue weighted by molar-refractivity contribution is -0.139. The molecule has 0 aliphatic rings. The number of carbonyl (C=O) groups excluding carboxylic acids is 1. The summed E-state index contributed by atoms with van der Waals surface area (Å²) in [4.78, 5) is 22.8. The summed E-state index contributed by atoms with van der Waals surface area (Å²) < 4.78 is 5.09. The molecule has 0 saturated carbocycles. The third kappa shape index (κ3) is 5.85. The van der Waals surface area contributed by atoms with Crippen molar-refractivity contribution in [3.63, 3.8) is 0 Å². The monoisotopic (exact) mass is 293 g/mol. The van der Waals surface area contributed by atoms with Crippen LogP contribution >= 0.6 is 0 Å². The molecule has 5 heteroatoms. The number of benzene rings is 1. The van der Waals surface area contributed by atoms with Crippen LogP contribution in [0.5, 0.6) is 5.75 Å². The first-order valence-electron chi connectivity index (χ1n) is 6.97. The molecule has 0 aliphatic carbocycles. The van der Waals surface area contributed by atoms with Gasteiger partial charge in [-0.15, -0.1) is 0 Å². The molecule has 5 nitrogen and oxygen atoms in total. The van der Waals surface area contributed by atoms with E-state index in [1.54, 1.807) is 24.3 Å². The van der Waals surface area contributed by atoms with Gasteiger partial charge in [0.15, 0.2) is 6.61 Å². The Morgan fingerprint density at radius 3 is 2.57 bits per heavy atom. The summed E-state index contributed by atoms with van der Waals surface area (Å²) in [6, 6.07) is 6.73. The van der Waals surface area contributed by atoms with E-state index in [4.69, 9.17) is 9.84 Å². The summed E-state index contributed by atoms with van der Waals surface area (Å²) >= 11 is 0. The Morgan fingerprint density at radius 2 is 2.00 bits per heavy atom. The Morgan fingerprint density at radius 1 is 1.33 bits per heavy atom. The second-order valence-electron chi connectivity index (χ2n) is 6.15. The maximum atomic E-state index is 12.3. The van der Waals surface area contributed by atoms with Crippen LogP contribution < -0.4 is 10.1 Å². The van der Waals surface area contributed by atoms with Crippen LogP contribution in [-0.4, -0.2) is 23.6 Å². The summed E-state index contributed by atoms with van der Waals surface area (Å²) in [5.74, 6) is -0.262. The van der Waals surface area contributed by atoms with Gasteiger partial charge >= 0.3 is 5.97 Å². The van der Waals surface area contributed by atoms with Crippen molar-refractivity contribution in [1.29, 1.82) is 0 Å². The molecule has 0 unspecified atom stereocenters. The van der Waals surface area contributed by atoms with Gasteiger partial charge < -0.3 is 15.2 Å². The van der Waals surface area contributed by atoms with Crippen molar-refractivity contribution in [2.24, 2.45) is 11.3 Å². The maximum absolute atomic E-state index is 12.3. The molecule has 0 spiro atoms. The zero-order chi connectivity index (χ0) is 16.0. The number of amides is 1. The molecule has 0 saturated heterocycles. The Kier molecular flexibility index (Phi) is 5.76. The van der Waals surface area contributed by atoms with Gasteiger partial charge in [0, 0.05) is 17.2 Å². The number of hydrogen-bond acceptors (Lipinski definition) is 3. The van der Waals surface area contributed by atoms with Crippen molar-refractivity contribution in [2.45, 2.75) is 34.1 Å². The lowest BCUT2D eigenvalue weighted by atomic mass is 9.83. The number of carboxylic acid groups (broad SMARTS) is 1. The summed E-state index contributed by atoms with van der Waals surface area (Å²) in [6.07, 6.45) is 0.786. The van der Waals surface area contributed by atoms with Crippen molar-refractivity contribution in [3.8, 4) is 5.75 Å². The standard InChI is InChI=1S/C16H23NO4/c1-11(2)9-16(3,4)15(20)17-12-6-5-7-13(8-12)21-10-14(18)19/h5-8,11H,9-10H2,1-4H3,(H,17,20)(H,18,19). The summed E-state index contributed by atoms with van der Waals surface area (Å²) in [5.41, 5.74) is 0.131. The van der Waals surface area contributed by atoms with Crippen LogP contribution in [0.1, 0.15) is 34.1 Å². The number of hydrogen-bond donors (Lipinski definition) is 2. The highest BCUT2D eigenvalue weighted by Gasteiger charge is 2.28. The van der Waals surface area contributed by atoms with E-state index in [9.17, 15) is 9.59 Å². The average Bonchev–Trinajstić information content (AvgIpc) is 2.35. The highest BCUT2D eigenvalue weighted by atomic mass is 16.5. The van der Waals surface area contributed by atoms with E-state index in [1.165, 1.54) is 0 Å². The van der Waals surface area contributed by atoms with Crippen LogP contribution in [0.2, 0.25) is 0 Å². The molecule has 0 atom stereocenters. The van der Waals surface area contributed by atoms with Crippen LogP contribution in [0.3, 0.4) is 0 Å². The molecule has 1 amide bonds. The number of rotatable bonds is 7. The van der Waals surface area contributed by atoms with Crippen LogP contribution in [0.4, 0.5) is 5.69 Å². The molecule has 1 rings (SSSR count). The van der Waals surface area contributed by atoms with E-state index < -0.39 is 18.0 Å². The fraction of sp³-hybridized carbons (Fsp3) is 0.500. The molecule has 21 heavy (non-hydrogen) atoms.